The molecule has 1 aromatic rings. The van der Waals surface area contributed by atoms with Gasteiger partial charge in [-0.25, -0.2) is 0 Å². The van der Waals surface area contributed by atoms with E-state index < -0.39 is 0 Å². The van der Waals surface area contributed by atoms with Crippen molar-refractivity contribution in [2.75, 3.05) is 7.11 Å². The van der Waals surface area contributed by atoms with Crippen LogP contribution in [0.1, 0.15) is 30.4 Å². The molecule has 2 heteroatoms. The lowest BCUT2D eigenvalue weighted by molar-refractivity contribution is 0.411. The Kier molecular flexibility index (Phi) is 2.60. The van der Waals surface area contributed by atoms with Crippen molar-refractivity contribution in [2.45, 2.75) is 44.2 Å². The van der Waals surface area contributed by atoms with Gasteiger partial charge in [0.05, 0.1) is 7.11 Å². The van der Waals surface area contributed by atoms with Crippen LogP contribution >= 0.6 is 0 Å². The lowest BCUT2D eigenvalue weighted by Gasteiger charge is -2.26. The zero-order valence-electron chi connectivity index (χ0n) is 9.83. The van der Waals surface area contributed by atoms with E-state index >= 15 is 0 Å². The lowest BCUT2D eigenvalue weighted by Crippen LogP contribution is -2.35. The lowest BCUT2D eigenvalue weighted by atomic mass is 9.88. The summed E-state index contributed by atoms with van der Waals surface area (Å²) in [7, 11) is 1.74. The highest BCUT2D eigenvalue weighted by molar-refractivity contribution is 5.37. The van der Waals surface area contributed by atoms with E-state index in [1.54, 1.807) is 7.11 Å². The molecule has 1 atom stereocenters. The SMILES string of the molecule is COc1ccc2c(c1)CC(NC1CC1)CC2. The molecule has 0 amide bonds. The number of nitrogens with one attached hydrogen (secondary N) is 1. The highest BCUT2D eigenvalue weighted by Gasteiger charge is 2.26. The maximum Gasteiger partial charge on any atom is 0.119 e. The summed E-state index contributed by atoms with van der Waals surface area (Å²) in [4.78, 5) is 0. The third-order valence-electron chi connectivity index (χ3n) is 3.69. The van der Waals surface area contributed by atoms with Gasteiger partial charge in [-0.3, -0.25) is 0 Å². The Hall–Kier alpha value is -1.02. The second-order valence-electron chi connectivity index (χ2n) is 5.02. The van der Waals surface area contributed by atoms with Crippen molar-refractivity contribution in [3.63, 3.8) is 0 Å². The number of ether oxygens (including phenoxy) is 1. The molecule has 2 aliphatic rings. The summed E-state index contributed by atoms with van der Waals surface area (Å²) >= 11 is 0. The first-order valence-electron chi connectivity index (χ1n) is 6.27. The molecule has 2 nitrogen and oxygen atoms in total. The standard InChI is InChI=1S/C14H19NO/c1-16-14-7-3-10-2-4-13(8-11(10)9-14)15-12-5-6-12/h3,7,9,12-13,15H,2,4-6,8H2,1H3. The zero-order valence-corrected chi connectivity index (χ0v) is 9.83. The van der Waals surface area contributed by atoms with Crippen molar-refractivity contribution in [3.05, 3.63) is 29.3 Å². The third kappa shape index (κ3) is 2.07. The number of fused-ring (bicyclic) bond motifs is 1. The molecular weight excluding hydrogens is 198 g/mol. The Morgan fingerprint density at radius 2 is 2.00 bits per heavy atom. The normalized spacial score (nSPS) is 23.9. The summed E-state index contributed by atoms with van der Waals surface area (Å²) in [6, 6.07) is 8.01. The molecule has 1 aromatic carbocycles. The number of hydrogen-bond acceptors (Lipinski definition) is 2. The quantitative estimate of drug-likeness (QED) is 0.839. The number of hydrogen-bond donors (Lipinski definition) is 1. The van der Waals surface area contributed by atoms with Crippen LogP contribution in [0.2, 0.25) is 0 Å². The average molecular weight is 217 g/mol. The highest BCUT2D eigenvalue weighted by atomic mass is 16.5. The molecule has 0 spiro atoms. The monoisotopic (exact) mass is 217 g/mol. The molecule has 1 saturated carbocycles. The topological polar surface area (TPSA) is 21.3 Å². The molecule has 16 heavy (non-hydrogen) atoms. The largest absolute Gasteiger partial charge is 0.497 e. The van der Waals surface area contributed by atoms with Crippen LogP contribution < -0.4 is 10.1 Å². The minimum Gasteiger partial charge on any atom is -0.497 e. The number of aryl methyl sites for hydroxylation is 1. The summed E-state index contributed by atoms with van der Waals surface area (Å²) in [5.74, 6) is 0.992. The molecule has 2 aliphatic carbocycles. The molecule has 3 rings (SSSR count). The fourth-order valence-electron chi connectivity index (χ4n) is 2.59. The maximum atomic E-state index is 5.29. The molecule has 1 fully saturated rings. The summed E-state index contributed by atoms with van der Waals surface area (Å²) in [6.07, 6.45) is 6.42. The van der Waals surface area contributed by atoms with Gasteiger partial charge in [0.15, 0.2) is 0 Å². The first-order chi connectivity index (χ1) is 7.85. The van der Waals surface area contributed by atoms with Gasteiger partial charge in [0, 0.05) is 12.1 Å². The summed E-state index contributed by atoms with van der Waals surface area (Å²) in [5.41, 5.74) is 2.98. The molecule has 0 aromatic heterocycles. The van der Waals surface area contributed by atoms with E-state index in [-0.39, 0.29) is 0 Å². The molecule has 0 radical (unpaired) electrons. The number of rotatable bonds is 3. The smallest absolute Gasteiger partial charge is 0.119 e. The van der Waals surface area contributed by atoms with Crippen LogP contribution in [0.5, 0.6) is 5.75 Å². The summed E-state index contributed by atoms with van der Waals surface area (Å²) in [5, 5.41) is 3.73. The Morgan fingerprint density at radius 1 is 1.12 bits per heavy atom. The van der Waals surface area contributed by atoms with Gasteiger partial charge in [-0.05, 0) is 55.4 Å². The second kappa shape index (κ2) is 4.10. The first-order valence-corrected chi connectivity index (χ1v) is 6.27. The summed E-state index contributed by atoms with van der Waals surface area (Å²) in [6.45, 7) is 0. The van der Waals surface area contributed by atoms with E-state index in [2.05, 4.69) is 23.5 Å². The van der Waals surface area contributed by atoms with Gasteiger partial charge in [-0.15, -0.1) is 0 Å². The van der Waals surface area contributed by atoms with Gasteiger partial charge >= 0.3 is 0 Å². The highest BCUT2D eigenvalue weighted by Crippen LogP contribution is 2.28. The minimum atomic E-state index is 0.687. The van der Waals surface area contributed by atoms with Gasteiger partial charge in [-0.1, -0.05) is 6.07 Å². The fraction of sp³-hybridized carbons (Fsp3) is 0.571. The van der Waals surface area contributed by atoms with Crippen LogP contribution in [0.25, 0.3) is 0 Å². The van der Waals surface area contributed by atoms with E-state index in [4.69, 9.17) is 4.74 Å². The van der Waals surface area contributed by atoms with Gasteiger partial charge < -0.3 is 10.1 Å². The Labute approximate surface area is 97.0 Å². The molecular formula is C14H19NO. The predicted molar refractivity (Wildman–Crippen MR) is 65.0 cm³/mol. The van der Waals surface area contributed by atoms with Crippen molar-refractivity contribution < 1.29 is 4.74 Å². The first kappa shape index (κ1) is 10.2. The van der Waals surface area contributed by atoms with Crippen LogP contribution in [-0.2, 0) is 12.8 Å². The van der Waals surface area contributed by atoms with Crippen molar-refractivity contribution in [1.82, 2.24) is 5.32 Å². The van der Waals surface area contributed by atoms with E-state index in [0.29, 0.717) is 6.04 Å². The van der Waals surface area contributed by atoms with Gasteiger partial charge in [0.25, 0.3) is 0 Å². The second-order valence-corrected chi connectivity index (χ2v) is 5.02. The molecule has 1 N–H and O–H groups in total. The van der Waals surface area contributed by atoms with E-state index in [9.17, 15) is 0 Å². The van der Waals surface area contributed by atoms with E-state index in [0.717, 1.165) is 11.8 Å². The zero-order chi connectivity index (χ0) is 11.0. The van der Waals surface area contributed by atoms with E-state index in [1.165, 1.54) is 43.2 Å². The van der Waals surface area contributed by atoms with Crippen LogP contribution in [0.4, 0.5) is 0 Å². The van der Waals surface area contributed by atoms with Crippen LogP contribution in [0.3, 0.4) is 0 Å². The molecule has 86 valence electrons. The van der Waals surface area contributed by atoms with Crippen molar-refractivity contribution >= 4 is 0 Å². The summed E-state index contributed by atoms with van der Waals surface area (Å²) < 4.78 is 5.29. The number of benzene rings is 1. The Bertz CT molecular complexity index is 384. The van der Waals surface area contributed by atoms with Crippen LogP contribution in [-0.4, -0.2) is 19.2 Å². The van der Waals surface area contributed by atoms with Gasteiger partial charge in [-0.2, -0.15) is 0 Å². The average Bonchev–Trinajstić information content (AvgIpc) is 3.12. The Morgan fingerprint density at radius 3 is 2.75 bits per heavy atom. The molecule has 1 unspecified atom stereocenters. The van der Waals surface area contributed by atoms with E-state index in [1.807, 2.05) is 0 Å². The van der Waals surface area contributed by atoms with Crippen molar-refractivity contribution in [1.29, 1.82) is 0 Å². The molecule has 0 heterocycles. The van der Waals surface area contributed by atoms with Gasteiger partial charge in [0.2, 0.25) is 0 Å². The number of methoxy groups -OCH3 is 1. The van der Waals surface area contributed by atoms with Crippen LogP contribution in [0.15, 0.2) is 18.2 Å². The molecule has 0 saturated heterocycles. The Balaban J connectivity index is 1.74. The van der Waals surface area contributed by atoms with Crippen molar-refractivity contribution in [2.24, 2.45) is 0 Å². The third-order valence-corrected chi connectivity index (χ3v) is 3.69. The van der Waals surface area contributed by atoms with Crippen molar-refractivity contribution in [3.8, 4) is 5.75 Å². The minimum absolute atomic E-state index is 0.687. The van der Waals surface area contributed by atoms with Gasteiger partial charge in [0.1, 0.15) is 5.75 Å². The molecule has 0 bridgehead atoms. The van der Waals surface area contributed by atoms with Crippen LogP contribution in [0, 0.1) is 0 Å². The predicted octanol–water partition coefficient (Wildman–Crippen LogP) is 2.30. The fourth-order valence-corrected chi connectivity index (χ4v) is 2.59. The maximum absolute atomic E-state index is 5.29. The molecule has 0 aliphatic heterocycles.